The molecule has 1 spiro atoms. The molecule has 0 amide bonds. The summed E-state index contributed by atoms with van der Waals surface area (Å²) in [4.78, 5) is 10.5. The summed E-state index contributed by atoms with van der Waals surface area (Å²) in [7, 11) is 0. The molecule has 0 aromatic heterocycles. The fraction of sp³-hybridized carbons (Fsp3) is 0.857. The lowest BCUT2D eigenvalue weighted by Crippen LogP contribution is -2.31. The van der Waals surface area contributed by atoms with Gasteiger partial charge in [-0.3, -0.25) is 4.79 Å². The van der Waals surface area contributed by atoms with Crippen LogP contribution in [0, 0.1) is 0 Å². The Labute approximate surface area is 69.6 Å². The van der Waals surface area contributed by atoms with Crippen LogP contribution in [0.3, 0.4) is 0 Å². The number of ether oxygens (including phenoxy) is 2. The van der Waals surface area contributed by atoms with Crippen molar-refractivity contribution in [3.63, 3.8) is 0 Å². The highest BCUT2D eigenvalue weighted by atomic mass is 16.7. The highest BCUT2D eigenvalue weighted by Crippen LogP contribution is 2.29. The van der Waals surface area contributed by atoms with Crippen LogP contribution in [-0.2, 0) is 14.3 Å². The van der Waals surface area contributed by atoms with Crippen LogP contribution in [0.15, 0.2) is 0 Å². The van der Waals surface area contributed by atoms with E-state index in [1.54, 1.807) is 0 Å². The number of carboxylic acids is 1. The van der Waals surface area contributed by atoms with E-state index in [4.69, 9.17) is 14.6 Å². The third-order valence-electron chi connectivity index (χ3n) is 2.16. The summed E-state index contributed by atoms with van der Waals surface area (Å²) in [6.07, 6.45) is 0.350. The average molecular weight is 172 g/mol. The molecule has 1 unspecified atom stereocenters. The minimum atomic E-state index is -0.897. The summed E-state index contributed by atoms with van der Waals surface area (Å²) in [6, 6.07) is -0.650. The van der Waals surface area contributed by atoms with Crippen LogP contribution in [0.5, 0.6) is 0 Å². The van der Waals surface area contributed by atoms with Crippen LogP contribution >= 0.6 is 0 Å². The molecule has 2 aliphatic heterocycles. The van der Waals surface area contributed by atoms with Crippen LogP contribution < -0.4 is 5.32 Å². The smallest absolute Gasteiger partial charge is 0.322 e. The van der Waals surface area contributed by atoms with E-state index >= 15 is 0 Å². The Kier molecular flexibility index (Phi) is 1.79. The first kappa shape index (κ1) is 7.97. The second-order valence-electron chi connectivity index (χ2n) is 3.01. The largest absolute Gasteiger partial charge is 0.480 e. The van der Waals surface area contributed by atoms with Crippen LogP contribution in [-0.4, -0.2) is 42.7 Å². The zero-order chi connectivity index (χ0) is 8.60. The van der Waals surface area contributed by atoms with Crippen molar-refractivity contribution in [2.45, 2.75) is 18.2 Å². The maximum absolute atomic E-state index is 10.5. The minimum absolute atomic E-state index is 0.350. The van der Waals surface area contributed by atoms with E-state index < -0.39 is 17.8 Å². The maximum atomic E-state index is 10.5. The van der Waals surface area contributed by atoms with E-state index in [0.717, 1.165) is 0 Å². The lowest BCUT2D eigenvalue weighted by Gasteiger charge is -2.18. The van der Waals surface area contributed by atoms with Gasteiger partial charge in [0.2, 0.25) is 0 Å². The molecule has 2 rings (SSSR count). The number of nitrogens with zero attached hydrogens (tertiary/aromatic N) is 1. The van der Waals surface area contributed by atoms with Gasteiger partial charge in [0.1, 0.15) is 6.04 Å². The van der Waals surface area contributed by atoms with E-state index in [1.165, 1.54) is 0 Å². The van der Waals surface area contributed by atoms with Gasteiger partial charge < -0.3 is 14.6 Å². The second kappa shape index (κ2) is 2.69. The van der Waals surface area contributed by atoms with Gasteiger partial charge in [0.25, 0.3) is 0 Å². The third-order valence-corrected chi connectivity index (χ3v) is 2.16. The van der Waals surface area contributed by atoms with E-state index in [0.29, 0.717) is 26.2 Å². The lowest BCUT2D eigenvalue weighted by molar-refractivity contribution is -0.150. The molecule has 1 radical (unpaired) electrons. The number of carbonyl (C=O) groups is 1. The third kappa shape index (κ3) is 1.20. The number of hydrogen-bond acceptors (Lipinski definition) is 3. The lowest BCUT2D eigenvalue weighted by atomic mass is 10.1. The molecule has 2 aliphatic rings. The van der Waals surface area contributed by atoms with Gasteiger partial charge in [-0.1, -0.05) is 0 Å². The standard InChI is InChI=1S/C7H10NO4/c9-6(10)5-3-7(4-8-5)11-1-2-12-7/h5H,1-4H2,(H,9,10). The van der Waals surface area contributed by atoms with Crippen LogP contribution in [0.25, 0.3) is 0 Å². The van der Waals surface area contributed by atoms with E-state index in [2.05, 4.69) is 5.32 Å². The van der Waals surface area contributed by atoms with Crippen molar-refractivity contribution in [2.24, 2.45) is 0 Å². The molecule has 2 fully saturated rings. The SMILES string of the molecule is O=C(O)C1CC2(C[N]1)OCCO2. The van der Waals surface area contributed by atoms with Crippen LogP contribution in [0.2, 0.25) is 0 Å². The molecule has 2 saturated heterocycles. The summed E-state index contributed by atoms with van der Waals surface area (Å²) in [5.41, 5.74) is 0. The summed E-state index contributed by atoms with van der Waals surface area (Å²) < 4.78 is 10.6. The molecule has 1 atom stereocenters. The average Bonchev–Trinajstić information content (AvgIpc) is 2.62. The molecule has 0 aromatic rings. The highest BCUT2D eigenvalue weighted by Gasteiger charge is 2.47. The molecule has 12 heavy (non-hydrogen) atoms. The first-order chi connectivity index (χ1) is 5.72. The normalized spacial score (nSPS) is 32.8. The van der Waals surface area contributed by atoms with E-state index in [9.17, 15) is 4.79 Å². The van der Waals surface area contributed by atoms with Crippen LogP contribution in [0.1, 0.15) is 6.42 Å². The molecular formula is C7H10NO4. The monoisotopic (exact) mass is 172 g/mol. The quantitative estimate of drug-likeness (QED) is 0.561. The molecular weight excluding hydrogens is 162 g/mol. The minimum Gasteiger partial charge on any atom is -0.480 e. The maximum Gasteiger partial charge on any atom is 0.322 e. The van der Waals surface area contributed by atoms with Crippen molar-refractivity contribution in [3.8, 4) is 0 Å². The topological polar surface area (TPSA) is 69.9 Å². The summed E-state index contributed by atoms with van der Waals surface area (Å²) in [5, 5.41) is 12.6. The van der Waals surface area contributed by atoms with Gasteiger partial charge in [0.15, 0.2) is 5.79 Å². The Bertz CT molecular complexity index is 200. The molecule has 0 saturated carbocycles. The summed E-state index contributed by atoms with van der Waals surface area (Å²) >= 11 is 0. The Hall–Kier alpha value is -0.650. The van der Waals surface area contributed by atoms with Gasteiger partial charge in [-0.05, 0) is 0 Å². The molecule has 0 aliphatic carbocycles. The molecule has 5 nitrogen and oxygen atoms in total. The fourth-order valence-electron chi connectivity index (χ4n) is 1.54. The first-order valence-corrected chi connectivity index (χ1v) is 3.89. The first-order valence-electron chi connectivity index (χ1n) is 3.89. The van der Waals surface area contributed by atoms with Crippen molar-refractivity contribution in [2.75, 3.05) is 19.8 Å². The number of aliphatic carboxylic acids is 1. The number of hydrogen-bond donors (Lipinski definition) is 1. The van der Waals surface area contributed by atoms with Crippen molar-refractivity contribution in [3.05, 3.63) is 0 Å². The predicted octanol–water partition coefficient (Wildman–Crippen LogP) is -0.809. The zero-order valence-electron chi connectivity index (χ0n) is 6.52. The van der Waals surface area contributed by atoms with Gasteiger partial charge in [0.05, 0.1) is 19.8 Å². The van der Waals surface area contributed by atoms with E-state index in [-0.39, 0.29) is 0 Å². The van der Waals surface area contributed by atoms with Crippen molar-refractivity contribution in [1.29, 1.82) is 0 Å². The Balaban J connectivity index is 2.01. The highest BCUT2D eigenvalue weighted by molar-refractivity contribution is 5.74. The van der Waals surface area contributed by atoms with Gasteiger partial charge in [-0.2, -0.15) is 0 Å². The van der Waals surface area contributed by atoms with Gasteiger partial charge in [-0.25, -0.2) is 5.32 Å². The Morgan fingerprint density at radius 1 is 1.50 bits per heavy atom. The second-order valence-corrected chi connectivity index (χ2v) is 3.01. The van der Waals surface area contributed by atoms with Crippen molar-refractivity contribution in [1.82, 2.24) is 5.32 Å². The molecule has 2 heterocycles. The van der Waals surface area contributed by atoms with Gasteiger partial charge in [0, 0.05) is 6.42 Å². The van der Waals surface area contributed by atoms with Gasteiger partial charge in [-0.15, -0.1) is 0 Å². The van der Waals surface area contributed by atoms with Crippen molar-refractivity contribution >= 4 is 5.97 Å². The zero-order valence-corrected chi connectivity index (χ0v) is 6.52. The Morgan fingerprint density at radius 3 is 2.67 bits per heavy atom. The number of rotatable bonds is 1. The summed E-state index contributed by atoms with van der Waals surface area (Å²) in [6.45, 7) is 1.44. The van der Waals surface area contributed by atoms with Gasteiger partial charge >= 0.3 is 5.97 Å². The van der Waals surface area contributed by atoms with E-state index in [1.807, 2.05) is 0 Å². The molecule has 1 N–H and O–H groups in total. The van der Waals surface area contributed by atoms with Crippen LogP contribution in [0.4, 0.5) is 0 Å². The predicted molar refractivity (Wildman–Crippen MR) is 37.7 cm³/mol. The molecule has 67 valence electrons. The molecule has 5 heteroatoms. The molecule has 0 aromatic carbocycles. The molecule has 0 bridgehead atoms. The Morgan fingerprint density at radius 2 is 2.17 bits per heavy atom. The fourth-order valence-corrected chi connectivity index (χ4v) is 1.54. The van der Waals surface area contributed by atoms with Crippen molar-refractivity contribution < 1.29 is 19.4 Å². The summed E-state index contributed by atoms with van der Waals surface area (Å²) in [5.74, 6) is -1.60. The number of carboxylic acid groups (broad SMARTS) is 1.